The summed E-state index contributed by atoms with van der Waals surface area (Å²) in [6.45, 7) is 0. The fourth-order valence-corrected chi connectivity index (χ4v) is 3.63. The fourth-order valence-electron chi connectivity index (χ4n) is 3.63. The molecule has 4 rings (SSSR count). The monoisotopic (exact) mass is 456 g/mol. The van der Waals surface area contributed by atoms with Gasteiger partial charge in [0.2, 0.25) is 0 Å². The van der Waals surface area contributed by atoms with Crippen LogP contribution in [0.15, 0.2) is 78.9 Å². The number of carboxylic acid groups (broad SMARTS) is 1. The van der Waals surface area contributed by atoms with Crippen LogP contribution in [-0.2, 0) is 9.47 Å². The maximum atomic E-state index is 12.8. The molecule has 0 amide bonds. The highest BCUT2D eigenvalue weighted by Crippen LogP contribution is 2.32. The van der Waals surface area contributed by atoms with Crippen LogP contribution >= 0.6 is 0 Å². The van der Waals surface area contributed by atoms with Crippen LogP contribution in [0.4, 0.5) is 0 Å². The van der Waals surface area contributed by atoms with Gasteiger partial charge in [-0.3, -0.25) is 0 Å². The van der Waals surface area contributed by atoms with Crippen LogP contribution in [0.3, 0.4) is 0 Å². The highest BCUT2D eigenvalue weighted by Gasteiger charge is 2.31. The lowest BCUT2D eigenvalue weighted by Crippen LogP contribution is -2.15. The Morgan fingerprint density at radius 2 is 1.38 bits per heavy atom. The van der Waals surface area contributed by atoms with E-state index in [1.165, 1.54) is 25.0 Å². The molecule has 0 aliphatic carbocycles. The summed E-state index contributed by atoms with van der Waals surface area (Å²) < 4.78 is 11.3. The fraction of sp³-hybridized carbons (Fsp3) is 0.0769. The molecule has 4 aromatic rings. The number of carbonyl (C=O) groups is 3. The average Bonchev–Trinajstić information content (AvgIpc) is 3.29. The van der Waals surface area contributed by atoms with Gasteiger partial charge in [0.25, 0.3) is 0 Å². The van der Waals surface area contributed by atoms with Crippen LogP contribution in [0, 0.1) is 0 Å². The number of carbonyl (C=O) groups excluding carboxylic acids is 2. The Morgan fingerprint density at radius 1 is 0.765 bits per heavy atom. The van der Waals surface area contributed by atoms with E-state index in [1.54, 1.807) is 60.7 Å². The van der Waals surface area contributed by atoms with E-state index in [4.69, 9.17) is 9.47 Å². The van der Waals surface area contributed by atoms with E-state index in [-0.39, 0.29) is 22.5 Å². The number of nitrogens with zero attached hydrogens (tertiary/aromatic N) is 2. The molecule has 0 unspecified atom stereocenters. The SMILES string of the molecule is COC(=O)c1c(-c2cccc(-c3cccc(C(=O)O)c3)c2)nn(-c2ccccc2)c1C(=O)OC. The number of hydrogen-bond donors (Lipinski definition) is 1. The van der Waals surface area contributed by atoms with Crippen LogP contribution < -0.4 is 0 Å². The Hall–Kier alpha value is -4.72. The van der Waals surface area contributed by atoms with Gasteiger partial charge in [-0.25, -0.2) is 19.1 Å². The lowest BCUT2D eigenvalue weighted by molar-refractivity contribution is 0.0549. The van der Waals surface area contributed by atoms with Crippen molar-refractivity contribution >= 4 is 17.9 Å². The first-order chi connectivity index (χ1) is 16.4. The number of aromatic carboxylic acids is 1. The number of methoxy groups -OCH3 is 2. The standard InChI is InChI=1S/C26H20N2O6/c1-33-25(31)21-22(27-28(23(21)26(32)34-2)20-12-4-3-5-13-20)18-10-6-8-16(14-18)17-9-7-11-19(15-17)24(29)30/h3-15H,1-2H3,(H,29,30). The zero-order valence-electron chi connectivity index (χ0n) is 18.4. The van der Waals surface area contributed by atoms with Gasteiger partial charge < -0.3 is 14.6 Å². The summed E-state index contributed by atoms with van der Waals surface area (Å²) in [6.07, 6.45) is 0. The van der Waals surface area contributed by atoms with Gasteiger partial charge in [0, 0.05) is 5.56 Å². The molecule has 1 N–H and O–H groups in total. The van der Waals surface area contributed by atoms with E-state index in [0.29, 0.717) is 22.4 Å². The lowest BCUT2D eigenvalue weighted by Gasteiger charge is -2.07. The third kappa shape index (κ3) is 4.16. The molecular weight excluding hydrogens is 436 g/mol. The zero-order valence-corrected chi connectivity index (χ0v) is 18.4. The van der Waals surface area contributed by atoms with Crippen LogP contribution in [0.2, 0.25) is 0 Å². The number of carboxylic acids is 1. The van der Waals surface area contributed by atoms with Crippen molar-refractivity contribution in [2.24, 2.45) is 0 Å². The van der Waals surface area contributed by atoms with E-state index in [2.05, 4.69) is 5.10 Å². The van der Waals surface area contributed by atoms with Crippen LogP contribution in [0.1, 0.15) is 31.2 Å². The highest BCUT2D eigenvalue weighted by atomic mass is 16.5. The van der Waals surface area contributed by atoms with Gasteiger partial charge in [0.05, 0.1) is 25.5 Å². The van der Waals surface area contributed by atoms with E-state index in [1.807, 2.05) is 12.1 Å². The summed E-state index contributed by atoms with van der Waals surface area (Å²) >= 11 is 0. The van der Waals surface area contributed by atoms with Crippen molar-refractivity contribution in [3.05, 3.63) is 95.7 Å². The molecule has 0 aliphatic rings. The van der Waals surface area contributed by atoms with Crippen molar-refractivity contribution < 1.29 is 29.0 Å². The average molecular weight is 456 g/mol. The van der Waals surface area contributed by atoms with Crippen LogP contribution in [0.25, 0.3) is 28.1 Å². The third-order valence-corrected chi connectivity index (χ3v) is 5.23. The second-order valence-corrected chi connectivity index (χ2v) is 7.27. The number of aromatic nitrogens is 2. The van der Waals surface area contributed by atoms with Gasteiger partial charge in [0.1, 0.15) is 11.3 Å². The zero-order chi connectivity index (χ0) is 24.2. The highest BCUT2D eigenvalue weighted by molar-refractivity contribution is 6.07. The largest absolute Gasteiger partial charge is 0.478 e. The van der Waals surface area contributed by atoms with Crippen molar-refractivity contribution in [1.82, 2.24) is 9.78 Å². The Kier molecular flexibility index (Phi) is 6.22. The summed E-state index contributed by atoms with van der Waals surface area (Å²) in [6, 6.07) is 22.5. The summed E-state index contributed by atoms with van der Waals surface area (Å²) in [5.41, 5.74) is 2.78. The Bertz CT molecular complexity index is 1390. The molecule has 0 fully saturated rings. The van der Waals surface area contributed by atoms with Gasteiger partial charge in [-0.15, -0.1) is 0 Å². The predicted octanol–water partition coefficient (Wildman–Crippen LogP) is 4.48. The number of ether oxygens (including phenoxy) is 2. The predicted molar refractivity (Wildman–Crippen MR) is 124 cm³/mol. The van der Waals surface area contributed by atoms with E-state index in [0.717, 1.165) is 0 Å². The number of benzene rings is 3. The molecule has 1 aromatic heterocycles. The summed E-state index contributed by atoms with van der Waals surface area (Å²) in [4.78, 5) is 36.9. The second kappa shape index (κ2) is 9.41. The van der Waals surface area contributed by atoms with Crippen LogP contribution in [-0.4, -0.2) is 47.0 Å². The third-order valence-electron chi connectivity index (χ3n) is 5.23. The van der Waals surface area contributed by atoms with Crippen molar-refractivity contribution in [3.63, 3.8) is 0 Å². The van der Waals surface area contributed by atoms with Gasteiger partial charge in [0.15, 0.2) is 5.69 Å². The quantitative estimate of drug-likeness (QED) is 0.426. The van der Waals surface area contributed by atoms with Crippen molar-refractivity contribution in [1.29, 1.82) is 0 Å². The molecule has 8 heteroatoms. The Labute approximate surface area is 195 Å². The van der Waals surface area contributed by atoms with Crippen molar-refractivity contribution in [2.45, 2.75) is 0 Å². The van der Waals surface area contributed by atoms with Gasteiger partial charge >= 0.3 is 17.9 Å². The second-order valence-electron chi connectivity index (χ2n) is 7.27. The van der Waals surface area contributed by atoms with Crippen molar-refractivity contribution in [3.8, 4) is 28.1 Å². The first kappa shape index (κ1) is 22.5. The molecule has 0 bridgehead atoms. The lowest BCUT2D eigenvalue weighted by atomic mass is 9.98. The molecular formula is C26H20N2O6. The van der Waals surface area contributed by atoms with Crippen molar-refractivity contribution in [2.75, 3.05) is 14.2 Å². The molecule has 34 heavy (non-hydrogen) atoms. The van der Waals surface area contributed by atoms with E-state index < -0.39 is 17.9 Å². The Morgan fingerprint density at radius 3 is 2.03 bits per heavy atom. The number of para-hydroxylation sites is 1. The van der Waals surface area contributed by atoms with E-state index >= 15 is 0 Å². The van der Waals surface area contributed by atoms with Gasteiger partial charge in [-0.1, -0.05) is 48.5 Å². The minimum Gasteiger partial charge on any atom is -0.478 e. The molecule has 0 radical (unpaired) electrons. The Balaban J connectivity index is 1.95. The smallest absolute Gasteiger partial charge is 0.357 e. The molecule has 0 spiro atoms. The molecule has 170 valence electrons. The first-order valence-corrected chi connectivity index (χ1v) is 10.2. The maximum Gasteiger partial charge on any atom is 0.357 e. The molecule has 3 aromatic carbocycles. The first-order valence-electron chi connectivity index (χ1n) is 10.2. The number of esters is 2. The number of rotatable bonds is 6. The van der Waals surface area contributed by atoms with E-state index in [9.17, 15) is 19.5 Å². The summed E-state index contributed by atoms with van der Waals surface area (Å²) in [5.74, 6) is -2.51. The summed E-state index contributed by atoms with van der Waals surface area (Å²) in [7, 11) is 2.45. The maximum absolute atomic E-state index is 12.8. The normalized spacial score (nSPS) is 10.5. The molecule has 0 saturated carbocycles. The minimum atomic E-state index is -1.03. The molecule has 8 nitrogen and oxygen atoms in total. The molecule has 1 heterocycles. The summed E-state index contributed by atoms with van der Waals surface area (Å²) in [5, 5.41) is 13.9. The van der Waals surface area contributed by atoms with Gasteiger partial charge in [-0.2, -0.15) is 5.10 Å². The molecule has 0 aliphatic heterocycles. The minimum absolute atomic E-state index is 0.0327. The molecule has 0 atom stereocenters. The van der Waals surface area contributed by atoms with Gasteiger partial charge in [-0.05, 0) is 41.5 Å². The topological polar surface area (TPSA) is 108 Å². The molecule has 0 saturated heterocycles. The number of hydrogen-bond acceptors (Lipinski definition) is 6. The van der Waals surface area contributed by atoms with Crippen LogP contribution in [0.5, 0.6) is 0 Å².